The summed E-state index contributed by atoms with van der Waals surface area (Å²) in [6.45, 7) is 3.26. The SMILES string of the molecule is CCOC(=O)C1(C)CC(c2cc(-c3cc(C(F)(F)F)cnc3Br)c(F)cc2Cl)=NO1. The van der Waals surface area contributed by atoms with E-state index < -0.39 is 29.1 Å². The number of halogens is 6. The number of nitrogens with zero attached hydrogens (tertiary/aromatic N) is 2. The molecule has 0 saturated heterocycles. The molecule has 0 fully saturated rings. The average Bonchev–Trinajstić information content (AvgIpc) is 3.05. The van der Waals surface area contributed by atoms with Gasteiger partial charge in [0.2, 0.25) is 5.60 Å². The topological polar surface area (TPSA) is 60.8 Å². The van der Waals surface area contributed by atoms with Gasteiger partial charge in [0, 0.05) is 29.3 Å². The molecule has 11 heteroatoms. The summed E-state index contributed by atoms with van der Waals surface area (Å²) in [6, 6.07) is 2.99. The molecule has 1 atom stereocenters. The molecule has 2 heterocycles. The summed E-state index contributed by atoms with van der Waals surface area (Å²) in [5.74, 6) is -1.48. The fraction of sp³-hybridized carbons (Fsp3) is 0.316. The smallest absolute Gasteiger partial charge is 0.417 e. The van der Waals surface area contributed by atoms with Crippen LogP contribution < -0.4 is 0 Å². The van der Waals surface area contributed by atoms with Crippen molar-refractivity contribution >= 4 is 39.2 Å². The Hall–Kier alpha value is -2.20. The minimum atomic E-state index is -4.65. The molecular weight excluding hydrogens is 496 g/mol. The van der Waals surface area contributed by atoms with Gasteiger partial charge in [-0.2, -0.15) is 13.2 Å². The number of hydrogen-bond donors (Lipinski definition) is 0. The van der Waals surface area contributed by atoms with Crippen molar-refractivity contribution in [2.45, 2.75) is 32.0 Å². The molecule has 1 aromatic carbocycles. The summed E-state index contributed by atoms with van der Waals surface area (Å²) in [5.41, 5.74) is -2.27. The third-order valence-corrected chi connectivity index (χ3v) is 5.34. The zero-order chi connectivity index (χ0) is 22.3. The van der Waals surface area contributed by atoms with E-state index in [1.807, 2.05) is 0 Å². The van der Waals surface area contributed by atoms with Gasteiger partial charge in [-0.05, 0) is 48.0 Å². The monoisotopic (exact) mass is 508 g/mol. The lowest BCUT2D eigenvalue weighted by Gasteiger charge is -2.18. The highest BCUT2D eigenvalue weighted by atomic mass is 79.9. The van der Waals surface area contributed by atoms with Crippen LogP contribution in [0.25, 0.3) is 11.1 Å². The van der Waals surface area contributed by atoms with E-state index in [0.29, 0.717) is 6.20 Å². The Kier molecular flexibility index (Phi) is 6.10. The van der Waals surface area contributed by atoms with E-state index in [1.165, 1.54) is 13.0 Å². The maximum Gasteiger partial charge on any atom is 0.417 e. The van der Waals surface area contributed by atoms with Crippen molar-refractivity contribution in [3.8, 4) is 11.1 Å². The fourth-order valence-corrected chi connectivity index (χ4v) is 3.54. The van der Waals surface area contributed by atoms with Crippen LogP contribution in [0.15, 0.2) is 34.2 Å². The van der Waals surface area contributed by atoms with Crippen LogP contribution in [0, 0.1) is 5.82 Å². The van der Waals surface area contributed by atoms with Crippen LogP contribution in [0.5, 0.6) is 0 Å². The van der Waals surface area contributed by atoms with Crippen LogP contribution in [-0.2, 0) is 20.5 Å². The summed E-state index contributed by atoms with van der Waals surface area (Å²) in [5, 5.41) is 3.83. The lowest BCUT2D eigenvalue weighted by molar-refractivity contribution is -0.166. The van der Waals surface area contributed by atoms with Gasteiger partial charge in [-0.25, -0.2) is 14.2 Å². The lowest BCUT2D eigenvalue weighted by atomic mass is 9.94. The standard InChI is InChI=1S/C19H14BrClF4N2O3/c1-3-29-17(28)18(2)7-15(27-30-18)12-5-10(14(22)6-13(12)21)11-4-9(19(23,24)25)8-26-16(11)20/h4-6,8H,3,7H2,1-2H3. The molecule has 0 saturated carbocycles. The fourth-order valence-electron chi connectivity index (χ4n) is 2.85. The van der Waals surface area contributed by atoms with Crippen LogP contribution in [0.2, 0.25) is 5.02 Å². The molecule has 0 spiro atoms. The Morgan fingerprint density at radius 2 is 2.00 bits per heavy atom. The van der Waals surface area contributed by atoms with Gasteiger partial charge in [-0.15, -0.1) is 0 Å². The molecule has 2 aromatic rings. The highest BCUT2D eigenvalue weighted by Crippen LogP contribution is 2.38. The number of hydrogen-bond acceptors (Lipinski definition) is 5. The third kappa shape index (κ3) is 4.29. The van der Waals surface area contributed by atoms with E-state index in [0.717, 1.165) is 12.1 Å². The van der Waals surface area contributed by atoms with E-state index in [9.17, 15) is 22.4 Å². The normalized spacial score (nSPS) is 18.7. The number of oxime groups is 1. The van der Waals surface area contributed by atoms with Gasteiger partial charge in [0.05, 0.1) is 22.9 Å². The van der Waals surface area contributed by atoms with Crippen LogP contribution in [0.1, 0.15) is 31.4 Å². The summed E-state index contributed by atoms with van der Waals surface area (Å²) in [7, 11) is 0. The number of rotatable bonds is 4. The predicted molar refractivity (Wildman–Crippen MR) is 105 cm³/mol. The van der Waals surface area contributed by atoms with Crippen molar-refractivity contribution in [3.05, 3.63) is 51.0 Å². The van der Waals surface area contributed by atoms with Crippen LogP contribution >= 0.6 is 27.5 Å². The zero-order valence-electron chi connectivity index (χ0n) is 15.6. The van der Waals surface area contributed by atoms with Gasteiger partial charge in [-0.3, -0.25) is 0 Å². The Labute approximate surface area is 182 Å². The highest BCUT2D eigenvalue weighted by Gasteiger charge is 2.44. The van der Waals surface area contributed by atoms with E-state index in [1.54, 1.807) is 6.92 Å². The summed E-state index contributed by atoms with van der Waals surface area (Å²) in [6.07, 6.45) is -4.03. The maximum atomic E-state index is 14.6. The van der Waals surface area contributed by atoms with Gasteiger partial charge < -0.3 is 9.57 Å². The molecule has 3 rings (SSSR count). The average molecular weight is 510 g/mol. The number of alkyl halides is 3. The van der Waals surface area contributed by atoms with E-state index in [4.69, 9.17) is 21.2 Å². The molecule has 1 aromatic heterocycles. The number of ether oxygens (including phenoxy) is 1. The second-order valence-electron chi connectivity index (χ2n) is 6.63. The third-order valence-electron chi connectivity index (χ3n) is 4.39. The molecule has 30 heavy (non-hydrogen) atoms. The summed E-state index contributed by atoms with van der Waals surface area (Å²) < 4.78 is 58.9. The number of carbonyl (C=O) groups excluding carboxylic acids is 1. The van der Waals surface area contributed by atoms with Gasteiger partial charge in [-0.1, -0.05) is 16.8 Å². The molecular formula is C19H14BrClF4N2O3. The first-order valence-corrected chi connectivity index (χ1v) is 9.78. The Morgan fingerprint density at radius 1 is 1.30 bits per heavy atom. The largest absolute Gasteiger partial charge is 0.463 e. The molecule has 5 nitrogen and oxygen atoms in total. The quantitative estimate of drug-likeness (QED) is 0.298. The molecule has 160 valence electrons. The first kappa shape index (κ1) is 22.5. The first-order chi connectivity index (χ1) is 14.0. The van der Waals surface area contributed by atoms with E-state index in [2.05, 4.69) is 26.1 Å². The first-order valence-electron chi connectivity index (χ1n) is 8.61. The number of esters is 1. The van der Waals surface area contributed by atoms with Crippen LogP contribution in [-0.4, -0.2) is 28.9 Å². The minimum absolute atomic E-state index is 0.0152. The van der Waals surface area contributed by atoms with Crippen LogP contribution in [0.3, 0.4) is 0 Å². The van der Waals surface area contributed by atoms with E-state index in [-0.39, 0.29) is 45.1 Å². The predicted octanol–water partition coefficient (Wildman–Crippen LogP) is 5.77. The molecule has 0 N–H and O–H groups in total. The van der Waals surface area contributed by atoms with Crippen molar-refractivity contribution < 1.29 is 31.9 Å². The molecule has 1 aliphatic heterocycles. The Morgan fingerprint density at radius 3 is 2.63 bits per heavy atom. The van der Waals surface area contributed by atoms with Gasteiger partial charge >= 0.3 is 12.1 Å². The Balaban J connectivity index is 2.04. The highest BCUT2D eigenvalue weighted by molar-refractivity contribution is 9.10. The lowest BCUT2D eigenvalue weighted by Crippen LogP contribution is -2.37. The maximum absolute atomic E-state index is 14.6. The van der Waals surface area contributed by atoms with Crippen molar-refractivity contribution in [3.63, 3.8) is 0 Å². The minimum Gasteiger partial charge on any atom is -0.463 e. The van der Waals surface area contributed by atoms with Crippen molar-refractivity contribution in [2.24, 2.45) is 5.16 Å². The van der Waals surface area contributed by atoms with Gasteiger partial charge in [0.15, 0.2) is 0 Å². The van der Waals surface area contributed by atoms with Crippen molar-refractivity contribution in [1.29, 1.82) is 0 Å². The molecule has 1 unspecified atom stereocenters. The number of benzene rings is 1. The molecule has 0 amide bonds. The molecule has 1 aliphatic rings. The van der Waals surface area contributed by atoms with Crippen molar-refractivity contribution in [2.75, 3.05) is 6.61 Å². The molecule has 0 bridgehead atoms. The van der Waals surface area contributed by atoms with Gasteiger partial charge in [0.25, 0.3) is 0 Å². The van der Waals surface area contributed by atoms with E-state index >= 15 is 0 Å². The zero-order valence-corrected chi connectivity index (χ0v) is 18.0. The number of pyridine rings is 1. The molecule has 0 radical (unpaired) electrons. The second-order valence-corrected chi connectivity index (χ2v) is 7.79. The number of carbonyl (C=O) groups is 1. The summed E-state index contributed by atoms with van der Waals surface area (Å²) in [4.78, 5) is 21.0. The number of aromatic nitrogens is 1. The Bertz CT molecular complexity index is 1050. The van der Waals surface area contributed by atoms with Crippen LogP contribution in [0.4, 0.5) is 17.6 Å². The second kappa shape index (κ2) is 8.14. The summed E-state index contributed by atoms with van der Waals surface area (Å²) >= 11 is 9.20. The molecule has 0 aliphatic carbocycles. The van der Waals surface area contributed by atoms with Crippen molar-refractivity contribution in [1.82, 2.24) is 4.98 Å². The van der Waals surface area contributed by atoms with Gasteiger partial charge in [0.1, 0.15) is 10.4 Å².